The Morgan fingerprint density at radius 3 is 2.41 bits per heavy atom. The summed E-state index contributed by atoms with van der Waals surface area (Å²) in [6.45, 7) is 5.35. The second-order valence-corrected chi connectivity index (χ2v) is 5.06. The zero-order valence-electron chi connectivity index (χ0n) is 12.9. The van der Waals surface area contributed by atoms with Crippen LogP contribution in [0.15, 0.2) is 22.0 Å². The highest BCUT2D eigenvalue weighted by molar-refractivity contribution is 5.82. The number of nitriles is 2. The molecule has 0 aliphatic carbocycles. The van der Waals surface area contributed by atoms with Gasteiger partial charge in [0.05, 0.1) is 6.21 Å². The molecule has 0 aromatic carbocycles. The summed E-state index contributed by atoms with van der Waals surface area (Å²) in [6, 6.07) is 7.45. The zero-order valence-corrected chi connectivity index (χ0v) is 12.9. The Balaban J connectivity index is 2.56. The molecule has 0 aliphatic heterocycles. The van der Waals surface area contributed by atoms with Gasteiger partial charge in [0.25, 0.3) is 5.56 Å². The highest BCUT2D eigenvalue weighted by atomic mass is 16.1. The van der Waals surface area contributed by atoms with Crippen molar-refractivity contribution in [2.75, 3.05) is 0 Å². The molecule has 110 valence electrons. The number of nitrogens with zero attached hydrogens (tertiary/aromatic N) is 5. The Bertz CT molecular complexity index is 916. The van der Waals surface area contributed by atoms with E-state index >= 15 is 0 Å². The van der Waals surface area contributed by atoms with Gasteiger partial charge in [-0.1, -0.05) is 0 Å². The highest BCUT2D eigenvalue weighted by Gasteiger charge is 2.10. The van der Waals surface area contributed by atoms with E-state index < -0.39 is 5.56 Å². The van der Waals surface area contributed by atoms with Crippen molar-refractivity contribution in [2.24, 2.45) is 12.1 Å². The van der Waals surface area contributed by atoms with E-state index in [1.54, 1.807) is 37.6 Å². The monoisotopic (exact) mass is 293 g/mol. The van der Waals surface area contributed by atoms with Gasteiger partial charge in [0, 0.05) is 24.0 Å². The predicted octanol–water partition coefficient (Wildman–Crippen LogP) is 1.74. The first-order valence-corrected chi connectivity index (χ1v) is 6.64. The molecule has 0 fully saturated rings. The lowest BCUT2D eigenvalue weighted by atomic mass is 10.1. The van der Waals surface area contributed by atoms with Gasteiger partial charge in [-0.15, -0.1) is 0 Å². The van der Waals surface area contributed by atoms with E-state index in [1.165, 1.54) is 10.9 Å². The van der Waals surface area contributed by atoms with E-state index in [0.717, 1.165) is 11.3 Å². The largest absolute Gasteiger partial charge is 0.339 e. The molecule has 2 aromatic heterocycles. The van der Waals surface area contributed by atoms with Gasteiger partial charge < -0.3 is 4.57 Å². The summed E-state index contributed by atoms with van der Waals surface area (Å²) in [5, 5.41) is 22.3. The molecule has 2 heterocycles. The van der Waals surface area contributed by atoms with Crippen LogP contribution in [0.3, 0.4) is 0 Å². The van der Waals surface area contributed by atoms with Crippen molar-refractivity contribution in [1.82, 2.24) is 9.24 Å². The van der Waals surface area contributed by atoms with Gasteiger partial charge in [-0.25, -0.2) is 4.68 Å². The molecule has 0 saturated heterocycles. The van der Waals surface area contributed by atoms with Crippen molar-refractivity contribution >= 4 is 6.21 Å². The van der Waals surface area contributed by atoms with Crippen LogP contribution in [0.5, 0.6) is 0 Å². The third-order valence-electron chi connectivity index (χ3n) is 3.67. The van der Waals surface area contributed by atoms with Crippen molar-refractivity contribution in [1.29, 1.82) is 10.5 Å². The Morgan fingerprint density at radius 1 is 1.18 bits per heavy atom. The van der Waals surface area contributed by atoms with E-state index in [2.05, 4.69) is 11.2 Å². The van der Waals surface area contributed by atoms with Gasteiger partial charge in [0.2, 0.25) is 0 Å². The third kappa shape index (κ3) is 2.43. The fourth-order valence-electron chi connectivity index (χ4n) is 2.24. The molecule has 0 N–H and O–H groups in total. The molecule has 2 aromatic rings. The highest BCUT2D eigenvalue weighted by Crippen LogP contribution is 2.11. The van der Waals surface area contributed by atoms with Crippen molar-refractivity contribution in [2.45, 2.75) is 20.8 Å². The fourth-order valence-corrected chi connectivity index (χ4v) is 2.24. The smallest absolute Gasteiger partial charge is 0.289 e. The Hall–Kier alpha value is -3.12. The molecule has 0 bridgehead atoms. The SMILES string of the molecule is Cc1cc(C)n(/N=C\c2cc(C#N)n(C)c2C)c(=O)c1C#N. The van der Waals surface area contributed by atoms with Gasteiger partial charge in [-0.2, -0.15) is 15.6 Å². The molecule has 0 amide bonds. The number of aryl methyl sites for hydroxylation is 2. The topological polar surface area (TPSA) is 86.9 Å². The molecule has 0 radical (unpaired) electrons. The average Bonchev–Trinajstić information content (AvgIpc) is 2.75. The summed E-state index contributed by atoms with van der Waals surface area (Å²) in [4.78, 5) is 12.2. The summed E-state index contributed by atoms with van der Waals surface area (Å²) in [5.74, 6) is 0. The summed E-state index contributed by atoms with van der Waals surface area (Å²) < 4.78 is 2.96. The van der Waals surface area contributed by atoms with Gasteiger partial charge in [0.1, 0.15) is 23.4 Å². The molecule has 6 nitrogen and oxygen atoms in total. The van der Waals surface area contributed by atoms with Crippen molar-refractivity contribution in [3.8, 4) is 12.1 Å². The van der Waals surface area contributed by atoms with Crippen molar-refractivity contribution in [3.63, 3.8) is 0 Å². The minimum atomic E-state index is -0.439. The zero-order chi connectivity index (χ0) is 16.4. The average molecular weight is 293 g/mol. The maximum Gasteiger partial charge on any atom is 0.289 e. The number of pyridine rings is 1. The quantitative estimate of drug-likeness (QED) is 0.790. The molecule has 0 unspecified atom stereocenters. The van der Waals surface area contributed by atoms with Crippen LogP contribution in [0.2, 0.25) is 0 Å². The molecular formula is C16H15N5O. The fraction of sp³-hybridized carbons (Fsp3) is 0.250. The second-order valence-electron chi connectivity index (χ2n) is 5.06. The lowest BCUT2D eigenvalue weighted by Crippen LogP contribution is -2.22. The van der Waals surface area contributed by atoms with Crippen LogP contribution in [-0.4, -0.2) is 15.5 Å². The first-order valence-electron chi connectivity index (χ1n) is 6.64. The normalized spacial score (nSPS) is 10.6. The molecule has 2 rings (SSSR count). The minimum Gasteiger partial charge on any atom is -0.339 e. The minimum absolute atomic E-state index is 0.0882. The predicted molar refractivity (Wildman–Crippen MR) is 82.7 cm³/mol. The van der Waals surface area contributed by atoms with Gasteiger partial charge in [0.15, 0.2) is 0 Å². The standard InChI is InChI=1S/C16H15N5O/c1-10-5-11(2)21(16(22)15(10)8-18)19-9-13-6-14(7-17)20(4)12(13)3/h5-6,9H,1-4H3/b19-9-. The molecule has 0 atom stereocenters. The summed E-state index contributed by atoms with van der Waals surface area (Å²) in [6.07, 6.45) is 1.53. The van der Waals surface area contributed by atoms with Gasteiger partial charge in [-0.05, 0) is 38.5 Å². The van der Waals surface area contributed by atoms with Crippen LogP contribution in [0.1, 0.15) is 33.8 Å². The van der Waals surface area contributed by atoms with E-state index in [4.69, 9.17) is 10.5 Å². The number of hydrogen-bond acceptors (Lipinski definition) is 4. The summed E-state index contributed by atoms with van der Waals surface area (Å²) >= 11 is 0. The van der Waals surface area contributed by atoms with Crippen LogP contribution in [0.25, 0.3) is 0 Å². The first-order chi connectivity index (χ1) is 10.4. The van der Waals surface area contributed by atoms with Crippen LogP contribution in [0.4, 0.5) is 0 Å². The van der Waals surface area contributed by atoms with E-state index in [1.807, 2.05) is 13.0 Å². The van der Waals surface area contributed by atoms with Crippen LogP contribution >= 0.6 is 0 Å². The lowest BCUT2D eigenvalue weighted by Gasteiger charge is -2.06. The Morgan fingerprint density at radius 2 is 1.86 bits per heavy atom. The molecule has 6 heteroatoms. The molecule has 0 aliphatic rings. The van der Waals surface area contributed by atoms with E-state index in [-0.39, 0.29) is 5.56 Å². The van der Waals surface area contributed by atoms with Crippen LogP contribution in [0, 0.1) is 43.4 Å². The van der Waals surface area contributed by atoms with Crippen LogP contribution < -0.4 is 5.56 Å². The number of hydrogen-bond donors (Lipinski definition) is 0. The Kier molecular flexibility index (Phi) is 3.96. The van der Waals surface area contributed by atoms with Gasteiger partial charge >= 0.3 is 0 Å². The summed E-state index contributed by atoms with van der Waals surface area (Å²) in [5.41, 5.74) is 3.08. The molecule has 0 saturated carbocycles. The second kappa shape index (κ2) is 5.71. The molecular weight excluding hydrogens is 278 g/mol. The van der Waals surface area contributed by atoms with Crippen molar-refractivity contribution in [3.05, 3.63) is 56.3 Å². The maximum atomic E-state index is 12.2. The maximum absolute atomic E-state index is 12.2. The Labute approximate surface area is 128 Å². The molecule has 0 spiro atoms. The van der Waals surface area contributed by atoms with E-state index in [9.17, 15) is 4.79 Å². The first kappa shape index (κ1) is 15.3. The number of rotatable bonds is 2. The number of aromatic nitrogens is 2. The van der Waals surface area contributed by atoms with Crippen molar-refractivity contribution < 1.29 is 0 Å². The van der Waals surface area contributed by atoms with E-state index in [0.29, 0.717) is 17.0 Å². The third-order valence-corrected chi connectivity index (χ3v) is 3.67. The molecule has 22 heavy (non-hydrogen) atoms. The lowest BCUT2D eigenvalue weighted by molar-refractivity contribution is 0.786. The van der Waals surface area contributed by atoms with Gasteiger partial charge in [-0.3, -0.25) is 4.79 Å². The summed E-state index contributed by atoms with van der Waals surface area (Å²) in [7, 11) is 1.79. The van der Waals surface area contributed by atoms with Crippen LogP contribution in [-0.2, 0) is 7.05 Å².